The molecule has 0 saturated heterocycles. The first-order chi connectivity index (χ1) is 9.65. The molecule has 0 fully saturated rings. The molecule has 0 aliphatic heterocycles. The van der Waals surface area contributed by atoms with E-state index < -0.39 is 0 Å². The first kappa shape index (κ1) is 13.9. The third-order valence-corrected chi connectivity index (χ3v) is 2.80. The lowest BCUT2D eigenvalue weighted by Crippen LogP contribution is -2.01. The number of rotatable bonds is 5. The molecule has 4 N–H and O–H groups in total. The Bertz CT molecular complexity index is 635. The molecule has 104 valence electrons. The predicted octanol–water partition coefficient (Wildman–Crippen LogP) is 2.11. The molecular weight excluding hydrogens is 282 g/mol. The molecule has 0 atom stereocenters. The summed E-state index contributed by atoms with van der Waals surface area (Å²) >= 11 is 6.17. The highest BCUT2D eigenvalue weighted by Gasteiger charge is 2.12. The van der Waals surface area contributed by atoms with E-state index in [9.17, 15) is 4.79 Å². The van der Waals surface area contributed by atoms with Gasteiger partial charge in [0.1, 0.15) is 22.4 Å². The molecule has 0 bridgehead atoms. The van der Waals surface area contributed by atoms with Crippen LogP contribution in [-0.4, -0.2) is 23.4 Å². The summed E-state index contributed by atoms with van der Waals surface area (Å²) in [6, 6.07) is 3.18. The minimum atomic E-state index is 0.280. The molecule has 2 aromatic rings. The number of nitrogens with one attached hydrogen (secondary N) is 2. The van der Waals surface area contributed by atoms with Crippen LogP contribution in [0.25, 0.3) is 0 Å². The normalized spacial score (nSPS) is 9.90. The Morgan fingerprint density at radius 1 is 1.45 bits per heavy atom. The number of carbonyl (C=O) groups is 1. The summed E-state index contributed by atoms with van der Waals surface area (Å²) in [6.45, 7) is 0. The van der Waals surface area contributed by atoms with Crippen molar-refractivity contribution >= 4 is 35.3 Å². The van der Waals surface area contributed by atoms with E-state index in [2.05, 4.69) is 20.6 Å². The van der Waals surface area contributed by atoms with E-state index in [4.69, 9.17) is 22.1 Å². The molecule has 2 rings (SSSR count). The van der Waals surface area contributed by atoms with Gasteiger partial charge in [0.25, 0.3) is 0 Å². The van der Waals surface area contributed by atoms with Gasteiger partial charge in [-0.25, -0.2) is 9.97 Å². The number of ether oxygens (including phenoxy) is 1. The summed E-state index contributed by atoms with van der Waals surface area (Å²) in [4.78, 5) is 18.3. The lowest BCUT2D eigenvalue weighted by Gasteiger charge is -2.12. The van der Waals surface area contributed by atoms with Crippen LogP contribution < -0.4 is 21.1 Å². The number of amides is 1. The number of halogens is 1. The maximum atomic E-state index is 10.4. The van der Waals surface area contributed by atoms with Crippen molar-refractivity contribution in [3.63, 3.8) is 0 Å². The lowest BCUT2D eigenvalue weighted by molar-refractivity contribution is -0.105. The quantitative estimate of drug-likeness (QED) is 0.730. The van der Waals surface area contributed by atoms with Crippen LogP contribution >= 0.6 is 11.6 Å². The van der Waals surface area contributed by atoms with Gasteiger partial charge >= 0.3 is 0 Å². The second kappa shape index (κ2) is 6.07. The van der Waals surface area contributed by atoms with Crippen molar-refractivity contribution in [1.29, 1.82) is 0 Å². The zero-order valence-electron chi connectivity index (χ0n) is 10.6. The number of aromatic nitrogens is 2. The number of nitrogens with two attached hydrogens (primary N) is 1. The number of nitrogen functional groups attached to an aromatic ring is 1. The molecule has 0 saturated carbocycles. The second-order valence-corrected chi connectivity index (χ2v) is 4.07. The summed E-state index contributed by atoms with van der Waals surface area (Å²) in [5, 5.41) is 5.60. The van der Waals surface area contributed by atoms with E-state index >= 15 is 0 Å². The van der Waals surface area contributed by atoms with E-state index in [0.29, 0.717) is 34.4 Å². The minimum Gasteiger partial charge on any atom is -0.454 e. The van der Waals surface area contributed by atoms with Crippen molar-refractivity contribution in [2.24, 2.45) is 0 Å². The molecule has 0 spiro atoms. The first-order valence-electron chi connectivity index (χ1n) is 5.61. The van der Waals surface area contributed by atoms with Crippen molar-refractivity contribution in [1.82, 2.24) is 9.97 Å². The number of anilines is 3. The largest absolute Gasteiger partial charge is 0.454 e. The average molecular weight is 294 g/mol. The van der Waals surface area contributed by atoms with Crippen LogP contribution in [0, 0.1) is 0 Å². The van der Waals surface area contributed by atoms with Crippen LogP contribution in [0.15, 0.2) is 24.5 Å². The fourth-order valence-corrected chi connectivity index (χ4v) is 1.81. The van der Waals surface area contributed by atoms with Gasteiger partial charge in [0.2, 0.25) is 6.41 Å². The van der Waals surface area contributed by atoms with Crippen LogP contribution in [0.1, 0.15) is 0 Å². The monoisotopic (exact) mass is 293 g/mol. The highest BCUT2D eigenvalue weighted by atomic mass is 35.5. The fourth-order valence-electron chi connectivity index (χ4n) is 1.53. The van der Waals surface area contributed by atoms with E-state index in [-0.39, 0.29) is 5.82 Å². The van der Waals surface area contributed by atoms with Crippen molar-refractivity contribution in [3.05, 3.63) is 29.5 Å². The smallest absolute Gasteiger partial charge is 0.212 e. The predicted molar refractivity (Wildman–Crippen MR) is 77.2 cm³/mol. The first-order valence-corrected chi connectivity index (χ1v) is 5.99. The second-order valence-electron chi connectivity index (χ2n) is 3.69. The van der Waals surface area contributed by atoms with Crippen LogP contribution in [0.3, 0.4) is 0 Å². The molecule has 0 unspecified atom stereocenters. The summed E-state index contributed by atoms with van der Waals surface area (Å²) < 4.78 is 5.61. The molecule has 1 amide bonds. The number of nitrogens with zero attached hydrogens (tertiary/aromatic N) is 2. The molecule has 0 aliphatic carbocycles. The number of pyridine rings is 2. The van der Waals surface area contributed by atoms with Crippen molar-refractivity contribution < 1.29 is 9.53 Å². The minimum absolute atomic E-state index is 0.280. The van der Waals surface area contributed by atoms with E-state index in [1.165, 1.54) is 12.4 Å². The molecule has 20 heavy (non-hydrogen) atoms. The fraction of sp³-hybridized carbons (Fsp3) is 0.0833. The topological polar surface area (TPSA) is 102 Å². The van der Waals surface area contributed by atoms with E-state index in [1.807, 2.05) is 0 Å². The van der Waals surface area contributed by atoms with E-state index in [1.54, 1.807) is 19.2 Å². The van der Waals surface area contributed by atoms with Crippen molar-refractivity contribution in [2.45, 2.75) is 0 Å². The van der Waals surface area contributed by atoms with Gasteiger partial charge in [-0.3, -0.25) is 4.79 Å². The summed E-state index contributed by atoms with van der Waals surface area (Å²) in [6.07, 6.45) is 3.45. The molecule has 0 radical (unpaired) electrons. The third kappa shape index (κ3) is 2.89. The van der Waals surface area contributed by atoms with Gasteiger partial charge in [0, 0.05) is 19.3 Å². The Balaban J connectivity index is 2.30. The number of carbonyl (C=O) groups excluding carboxylic acids is 1. The number of hydrogen-bond acceptors (Lipinski definition) is 6. The van der Waals surface area contributed by atoms with Crippen molar-refractivity contribution in [2.75, 3.05) is 23.4 Å². The van der Waals surface area contributed by atoms with Gasteiger partial charge in [-0.05, 0) is 6.07 Å². The average Bonchev–Trinajstić information content (AvgIpc) is 2.43. The Hall–Kier alpha value is -2.54. The van der Waals surface area contributed by atoms with Gasteiger partial charge in [0.15, 0.2) is 5.75 Å². The zero-order chi connectivity index (χ0) is 14.5. The molecule has 7 nitrogen and oxygen atoms in total. The Labute approximate surface area is 120 Å². The van der Waals surface area contributed by atoms with Crippen LogP contribution in [0.2, 0.25) is 5.02 Å². The lowest BCUT2D eigenvalue weighted by atomic mass is 10.3. The van der Waals surface area contributed by atoms with Crippen LogP contribution in [-0.2, 0) is 4.79 Å². The molecule has 0 aromatic carbocycles. The van der Waals surface area contributed by atoms with Gasteiger partial charge in [-0.2, -0.15) is 0 Å². The van der Waals surface area contributed by atoms with Gasteiger partial charge in [0.05, 0.1) is 11.9 Å². The molecule has 8 heteroatoms. The molecule has 2 heterocycles. The SMILES string of the molecule is CNc1c(N)ncc(Oc2ccnc(NC=O)c2)c1Cl. The Kier molecular flexibility index (Phi) is 4.21. The summed E-state index contributed by atoms with van der Waals surface area (Å²) in [5.74, 6) is 1.45. The Morgan fingerprint density at radius 3 is 2.95 bits per heavy atom. The summed E-state index contributed by atoms with van der Waals surface area (Å²) in [5.41, 5.74) is 6.18. The maximum absolute atomic E-state index is 10.4. The standard InChI is InChI=1S/C12H12ClN5O2/c1-15-11-10(13)8(5-17-12(11)14)20-7-2-3-16-9(4-7)18-6-19/h2-6,15H,1H3,(H2,14,17)(H,16,18,19). The van der Waals surface area contributed by atoms with Crippen molar-refractivity contribution in [3.8, 4) is 11.5 Å². The third-order valence-electron chi connectivity index (χ3n) is 2.43. The highest BCUT2D eigenvalue weighted by Crippen LogP contribution is 2.37. The van der Waals surface area contributed by atoms with Gasteiger partial charge in [-0.15, -0.1) is 0 Å². The zero-order valence-corrected chi connectivity index (χ0v) is 11.3. The number of hydrogen-bond donors (Lipinski definition) is 3. The van der Waals surface area contributed by atoms with Crippen LogP contribution in [0.5, 0.6) is 11.5 Å². The van der Waals surface area contributed by atoms with E-state index in [0.717, 1.165) is 0 Å². The molecular formula is C12H12ClN5O2. The highest BCUT2D eigenvalue weighted by molar-refractivity contribution is 6.35. The Morgan fingerprint density at radius 2 is 2.25 bits per heavy atom. The summed E-state index contributed by atoms with van der Waals surface area (Å²) in [7, 11) is 1.68. The van der Waals surface area contributed by atoms with Gasteiger partial charge < -0.3 is 21.1 Å². The van der Waals surface area contributed by atoms with Crippen LogP contribution in [0.4, 0.5) is 17.3 Å². The molecule has 0 aliphatic rings. The molecule has 2 aromatic heterocycles. The maximum Gasteiger partial charge on any atom is 0.212 e. The van der Waals surface area contributed by atoms with Gasteiger partial charge in [-0.1, -0.05) is 11.6 Å².